The predicted octanol–water partition coefficient (Wildman–Crippen LogP) is 3.84. The molecule has 2 heterocycles. The van der Waals surface area contributed by atoms with Gasteiger partial charge in [0.2, 0.25) is 10.0 Å². The molecule has 0 spiro atoms. The van der Waals surface area contributed by atoms with Gasteiger partial charge in [0, 0.05) is 19.2 Å². The van der Waals surface area contributed by atoms with Gasteiger partial charge in [-0.05, 0) is 35.7 Å². The summed E-state index contributed by atoms with van der Waals surface area (Å²) in [4.78, 5) is 0.292. The quantitative estimate of drug-likeness (QED) is 0.672. The van der Waals surface area contributed by atoms with E-state index in [1.54, 1.807) is 31.4 Å². The van der Waals surface area contributed by atoms with E-state index in [9.17, 15) is 8.42 Å². The first-order valence-electron chi connectivity index (χ1n) is 8.83. The highest BCUT2D eigenvalue weighted by Gasteiger charge is 2.30. The van der Waals surface area contributed by atoms with E-state index >= 15 is 0 Å². The highest BCUT2D eigenvalue weighted by molar-refractivity contribution is 7.89. The van der Waals surface area contributed by atoms with Crippen LogP contribution in [0, 0.1) is 0 Å². The van der Waals surface area contributed by atoms with Crippen LogP contribution in [0.4, 0.5) is 0 Å². The zero-order valence-corrected chi connectivity index (χ0v) is 15.9. The third-order valence-electron chi connectivity index (χ3n) is 4.78. The third-order valence-corrected chi connectivity index (χ3v) is 6.64. The Morgan fingerprint density at radius 1 is 1.07 bits per heavy atom. The molecule has 0 bridgehead atoms. The van der Waals surface area contributed by atoms with Crippen LogP contribution in [0.5, 0.6) is 0 Å². The zero-order chi connectivity index (χ0) is 18.9. The first-order chi connectivity index (χ1) is 13.1. The number of hydrogen-bond acceptors (Lipinski definition) is 4. The second-order valence-electron chi connectivity index (χ2n) is 6.59. The van der Waals surface area contributed by atoms with Crippen LogP contribution in [-0.2, 0) is 34.3 Å². The molecule has 1 aliphatic rings. The van der Waals surface area contributed by atoms with E-state index in [0.717, 1.165) is 28.2 Å². The molecule has 6 heteroatoms. The lowest BCUT2D eigenvalue weighted by Crippen LogP contribution is -2.35. The molecule has 0 amide bonds. The van der Waals surface area contributed by atoms with Crippen molar-refractivity contribution in [2.24, 2.45) is 0 Å². The Hall–Kier alpha value is -2.41. The summed E-state index contributed by atoms with van der Waals surface area (Å²) in [6.45, 7) is 1.16. The van der Waals surface area contributed by atoms with Gasteiger partial charge < -0.3 is 9.15 Å². The molecule has 3 aromatic rings. The molecule has 1 aliphatic heterocycles. The molecule has 0 saturated carbocycles. The van der Waals surface area contributed by atoms with Crippen molar-refractivity contribution in [1.29, 1.82) is 0 Å². The SMILES string of the molecule is COCc1ccc(S(=O)(=O)N2CCc3cc(-c4ccccc4)oc3C2)cc1. The van der Waals surface area contributed by atoms with Gasteiger partial charge in [0.15, 0.2) is 0 Å². The smallest absolute Gasteiger partial charge is 0.243 e. The van der Waals surface area contributed by atoms with Crippen LogP contribution in [0.1, 0.15) is 16.9 Å². The van der Waals surface area contributed by atoms with Crippen LogP contribution in [0.25, 0.3) is 11.3 Å². The fourth-order valence-electron chi connectivity index (χ4n) is 3.32. The van der Waals surface area contributed by atoms with Crippen LogP contribution in [0.15, 0.2) is 70.0 Å². The van der Waals surface area contributed by atoms with Crippen molar-refractivity contribution in [2.45, 2.75) is 24.5 Å². The maximum absolute atomic E-state index is 13.0. The zero-order valence-electron chi connectivity index (χ0n) is 15.1. The minimum atomic E-state index is -3.56. The van der Waals surface area contributed by atoms with Gasteiger partial charge in [-0.25, -0.2) is 8.42 Å². The highest BCUT2D eigenvalue weighted by atomic mass is 32.2. The molecular weight excluding hydrogens is 362 g/mol. The molecule has 0 fully saturated rings. The van der Waals surface area contributed by atoms with E-state index in [2.05, 4.69) is 0 Å². The summed E-state index contributed by atoms with van der Waals surface area (Å²) in [7, 11) is -1.95. The van der Waals surface area contributed by atoms with Crippen LogP contribution < -0.4 is 0 Å². The van der Waals surface area contributed by atoms with Crippen LogP contribution >= 0.6 is 0 Å². The molecule has 5 nitrogen and oxygen atoms in total. The summed E-state index contributed by atoms with van der Waals surface area (Å²) in [5.74, 6) is 1.50. The summed E-state index contributed by atoms with van der Waals surface area (Å²) >= 11 is 0. The summed E-state index contributed by atoms with van der Waals surface area (Å²) in [5, 5.41) is 0. The lowest BCUT2D eigenvalue weighted by Gasteiger charge is -2.25. The molecule has 0 radical (unpaired) electrons. The van der Waals surface area contributed by atoms with Crippen LogP contribution in [-0.4, -0.2) is 26.4 Å². The number of methoxy groups -OCH3 is 1. The fraction of sp³-hybridized carbons (Fsp3) is 0.238. The van der Waals surface area contributed by atoms with Crippen molar-refractivity contribution in [1.82, 2.24) is 4.31 Å². The highest BCUT2D eigenvalue weighted by Crippen LogP contribution is 2.31. The topological polar surface area (TPSA) is 59.8 Å². The summed E-state index contributed by atoms with van der Waals surface area (Å²) < 4.78 is 38.5. The molecule has 4 rings (SSSR count). The Morgan fingerprint density at radius 2 is 1.81 bits per heavy atom. The van der Waals surface area contributed by atoms with E-state index in [1.807, 2.05) is 36.4 Å². The van der Waals surface area contributed by atoms with Crippen molar-refractivity contribution in [3.63, 3.8) is 0 Å². The van der Waals surface area contributed by atoms with Gasteiger partial charge in [0.05, 0.1) is 18.0 Å². The van der Waals surface area contributed by atoms with Gasteiger partial charge in [-0.15, -0.1) is 0 Å². The van der Waals surface area contributed by atoms with E-state index in [0.29, 0.717) is 24.5 Å². The van der Waals surface area contributed by atoms with Gasteiger partial charge >= 0.3 is 0 Å². The van der Waals surface area contributed by atoms with Gasteiger partial charge in [-0.2, -0.15) is 4.31 Å². The van der Waals surface area contributed by atoms with Gasteiger partial charge in [0.25, 0.3) is 0 Å². The molecule has 0 aliphatic carbocycles. The normalized spacial score (nSPS) is 14.9. The van der Waals surface area contributed by atoms with Crippen molar-refractivity contribution >= 4 is 10.0 Å². The van der Waals surface area contributed by atoms with Crippen LogP contribution in [0.3, 0.4) is 0 Å². The Bertz CT molecular complexity index is 1020. The number of benzene rings is 2. The molecule has 1 aromatic heterocycles. The molecule has 0 N–H and O–H groups in total. The first-order valence-corrected chi connectivity index (χ1v) is 10.3. The molecule has 0 saturated heterocycles. The van der Waals surface area contributed by atoms with E-state index in [1.165, 1.54) is 4.31 Å². The molecule has 2 aromatic carbocycles. The molecular formula is C21H21NO4S. The molecule has 27 heavy (non-hydrogen) atoms. The summed E-state index contributed by atoms with van der Waals surface area (Å²) in [6.07, 6.45) is 0.645. The summed E-state index contributed by atoms with van der Waals surface area (Å²) in [5.41, 5.74) is 3.02. The van der Waals surface area contributed by atoms with Gasteiger partial charge in [-0.3, -0.25) is 0 Å². The Morgan fingerprint density at radius 3 is 2.52 bits per heavy atom. The largest absolute Gasteiger partial charge is 0.459 e. The second kappa shape index (κ2) is 7.31. The van der Waals surface area contributed by atoms with Gasteiger partial charge in [0.1, 0.15) is 11.5 Å². The maximum atomic E-state index is 13.0. The Kier molecular flexibility index (Phi) is 4.86. The Labute approximate surface area is 159 Å². The molecule has 0 atom stereocenters. The monoisotopic (exact) mass is 383 g/mol. The Balaban J connectivity index is 1.57. The first kappa shape index (κ1) is 18.0. The van der Waals surface area contributed by atoms with Crippen molar-refractivity contribution in [2.75, 3.05) is 13.7 Å². The van der Waals surface area contributed by atoms with Gasteiger partial charge in [-0.1, -0.05) is 42.5 Å². The van der Waals surface area contributed by atoms with E-state index in [4.69, 9.17) is 9.15 Å². The summed E-state index contributed by atoms with van der Waals surface area (Å²) in [6, 6.07) is 18.7. The number of furan rings is 1. The number of nitrogens with zero attached hydrogens (tertiary/aromatic N) is 1. The maximum Gasteiger partial charge on any atom is 0.243 e. The van der Waals surface area contributed by atoms with Crippen LogP contribution in [0.2, 0.25) is 0 Å². The lowest BCUT2D eigenvalue weighted by molar-refractivity contribution is 0.185. The average molecular weight is 383 g/mol. The minimum Gasteiger partial charge on any atom is -0.459 e. The minimum absolute atomic E-state index is 0.254. The van der Waals surface area contributed by atoms with E-state index in [-0.39, 0.29) is 6.54 Å². The molecule has 0 unspecified atom stereocenters. The van der Waals surface area contributed by atoms with E-state index < -0.39 is 10.0 Å². The third kappa shape index (κ3) is 3.56. The standard InChI is InChI=1S/C21H21NO4S/c1-25-15-16-7-9-19(10-8-16)27(23,24)22-12-11-18-13-20(26-21(18)14-22)17-5-3-2-4-6-17/h2-10,13H,11-12,14-15H2,1H3. The number of sulfonamides is 1. The second-order valence-corrected chi connectivity index (χ2v) is 8.53. The fourth-order valence-corrected chi connectivity index (χ4v) is 4.72. The average Bonchev–Trinajstić information content (AvgIpc) is 3.13. The number of ether oxygens (including phenoxy) is 1. The van der Waals surface area contributed by atoms with Crippen molar-refractivity contribution in [3.8, 4) is 11.3 Å². The lowest BCUT2D eigenvalue weighted by atomic mass is 10.1. The predicted molar refractivity (Wildman–Crippen MR) is 103 cm³/mol. The number of fused-ring (bicyclic) bond motifs is 1. The van der Waals surface area contributed by atoms with Crippen molar-refractivity contribution < 1.29 is 17.6 Å². The number of hydrogen-bond donors (Lipinski definition) is 0. The molecule has 140 valence electrons. The number of rotatable bonds is 5. The van der Waals surface area contributed by atoms with Crippen molar-refractivity contribution in [3.05, 3.63) is 77.6 Å².